The summed E-state index contributed by atoms with van der Waals surface area (Å²) in [7, 11) is 0. The first-order valence-electron chi connectivity index (χ1n) is 7.70. The molecule has 126 valence electrons. The molecule has 0 atom stereocenters. The average Bonchev–Trinajstić information content (AvgIpc) is 2.89. The highest BCUT2D eigenvalue weighted by molar-refractivity contribution is 8.27. The molecule has 0 aliphatic carbocycles. The molecule has 0 aromatic heterocycles. The topological polar surface area (TPSA) is 57.6 Å². The Morgan fingerprint density at radius 2 is 1.80 bits per heavy atom. The zero-order valence-electron chi connectivity index (χ0n) is 13.4. The van der Waals surface area contributed by atoms with Crippen molar-refractivity contribution in [2.45, 2.75) is 13.3 Å². The number of aryl methyl sites for hydroxylation is 1. The highest BCUT2D eigenvalue weighted by Crippen LogP contribution is 2.36. The van der Waals surface area contributed by atoms with Gasteiger partial charge >= 0.3 is 5.97 Å². The molecule has 0 unspecified atom stereocenters. The van der Waals surface area contributed by atoms with Gasteiger partial charge in [-0.3, -0.25) is 9.69 Å². The van der Waals surface area contributed by atoms with Crippen LogP contribution in [0.1, 0.15) is 28.4 Å². The minimum atomic E-state index is -1.01. The Hall–Kier alpha value is -2.44. The number of rotatable bonds is 4. The standard InChI is InChI=1S/C19H15NO3S2/c1-2-12-3-5-13(6-4-12)11-16-17(21)20(19(24)25-16)15-9-7-14(8-10-15)18(22)23/h3-11H,2H2,1H3,(H,22,23)/b16-11+. The van der Waals surface area contributed by atoms with E-state index < -0.39 is 5.97 Å². The van der Waals surface area contributed by atoms with E-state index in [1.54, 1.807) is 12.1 Å². The summed E-state index contributed by atoms with van der Waals surface area (Å²) < 4.78 is 0.435. The molecule has 0 bridgehead atoms. The van der Waals surface area contributed by atoms with Crippen LogP contribution in [0.2, 0.25) is 0 Å². The summed E-state index contributed by atoms with van der Waals surface area (Å²) in [4.78, 5) is 25.6. The second-order valence-corrected chi connectivity index (χ2v) is 7.14. The maximum atomic E-state index is 12.7. The smallest absolute Gasteiger partial charge is 0.335 e. The third-order valence-corrected chi connectivity index (χ3v) is 5.15. The van der Waals surface area contributed by atoms with E-state index in [-0.39, 0.29) is 11.5 Å². The van der Waals surface area contributed by atoms with E-state index in [0.29, 0.717) is 14.9 Å². The molecule has 4 nitrogen and oxygen atoms in total. The lowest BCUT2D eigenvalue weighted by Crippen LogP contribution is -2.27. The van der Waals surface area contributed by atoms with Crippen molar-refractivity contribution in [1.82, 2.24) is 0 Å². The van der Waals surface area contributed by atoms with E-state index in [1.165, 1.54) is 34.4 Å². The summed E-state index contributed by atoms with van der Waals surface area (Å²) in [5.41, 5.74) is 2.92. The quantitative estimate of drug-likeness (QED) is 0.641. The van der Waals surface area contributed by atoms with Gasteiger partial charge in [-0.25, -0.2) is 4.79 Å². The normalized spacial score (nSPS) is 15.9. The lowest BCUT2D eigenvalue weighted by molar-refractivity contribution is -0.113. The van der Waals surface area contributed by atoms with Crippen molar-refractivity contribution >= 4 is 51.9 Å². The highest BCUT2D eigenvalue weighted by Gasteiger charge is 2.33. The molecule has 1 amide bonds. The maximum absolute atomic E-state index is 12.7. The Morgan fingerprint density at radius 3 is 2.36 bits per heavy atom. The Balaban J connectivity index is 1.86. The number of carbonyl (C=O) groups excluding carboxylic acids is 1. The second-order valence-electron chi connectivity index (χ2n) is 5.46. The largest absolute Gasteiger partial charge is 0.478 e. The van der Waals surface area contributed by atoms with Crippen LogP contribution < -0.4 is 4.90 Å². The third kappa shape index (κ3) is 3.65. The van der Waals surface area contributed by atoms with Crippen LogP contribution in [0.15, 0.2) is 53.4 Å². The summed E-state index contributed by atoms with van der Waals surface area (Å²) in [6, 6.07) is 14.1. The van der Waals surface area contributed by atoms with Crippen LogP contribution in [0.5, 0.6) is 0 Å². The molecule has 1 heterocycles. The summed E-state index contributed by atoms with van der Waals surface area (Å²) in [5, 5.41) is 8.97. The van der Waals surface area contributed by atoms with E-state index in [1.807, 2.05) is 30.3 Å². The molecular formula is C19H15NO3S2. The zero-order valence-corrected chi connectivity index (χ0v) is 15.1. The predicted molar refractivity (Wildman–Crippen MR) is 105 cm³/mol. The SMILES string of the molecule is CCc1ccc(/C=C2/SC(=S)N(c3ccc(C(=O)O)cc3)C2=O)cc1. The number of carboxylic acids is 1. The Kier molecular flexibility index (Phi) is 5.01. The monoisotopic (exact) mass is 369 g/mol. The van der Waals surface area contributed by atoms with E-state index in [9.17, 15) is 9.59 Å². The molecule has 1 aliphatic rings. The molecule has 6 heteroatoms. The number of thiocarbonyl (C=S) groups is 1. The summed E-state index contributed by atoms with van der Waals surface area (Å²) >= 11 is 6.57. The Bertz CT molecular complexity index is 871. The first-order valence-corrected chi connectivity index (χ1v) is 8.92. The molecule has 0 radical (unpaired) electrons. The zero-order chi connectivity index (χ0) is 18.0. The fraction of sp³-hybridized carbons (Fsp3) is 0.105. The van der Waals surface area contributed by atoms with Crippen LogP contribution in [0.4, 0.5) is 5.69 Å². The average molecular weight is 369 g/mol. The summed E-state index contributed by atoms with van der Waals surface area (Å²) in [5.74, 6) is -1.20. The molecular weight excluding hydrogens is 354 g/mol. The number of benzene rings is 2. The van der Waals surface area contributed by atoms with Gasteiger partial charge in [-0.2, -0.15) is 0 Å². The van der Waals surface area contributed by atoms with E-state index in [4.69, 9.17) is 17.3 Å². The molecule has 2 aromatic rings. The van der Waals surface area contributed by atoms with Crippen LogP contribution >= 0.6 is 24.0 Å². The van der Waals surface area contributed by atoms with E-state index >= 15 is 0 Å². The van der Waals surface area contributed by atoms with Crippen molar-refractivity contribution in [3.63, 3.8) is 0 Å². The molecule has 2 aromatic carbocycles. The van der Waals surface area contributed by atoms with Gasteiger partial charge in [0.15, 0.2) is 4.32 Å². The fourth-order valence-electron chi connectivity index (χ4n) is 2.44. The van der Waals surface area contributed by atoms with Gasteiger partial charge in [0.25, 0.3) is 5.91 Å². The van der Waals surface area contributed by atoms with Gasteiger partial charge in [0.2, 0.25) is 0 Å². The first-order chi connectivity index (χ1) is 12.0. The number of hydrogen-bond donors (Lipinski definition) is 1. The number of thioether (sulfide) groups is 1. The van der Waals surface area contributed by atoms with Gasteiger partial charge in [0.1, 0.15) is 0 Å². The van der Waals surface area contributed by atoms with Crippen molar-refractivity contribution in [3.05, 3.63) is 70.1 Å². The van der Waals surface area contributed by atoms with E-state index in [0.717, 1.165) is 12.0 Å². The van der Waals surface area contributed by atoms with Crippen molar-refractivity contribution in [2.75, 3.05) is 4.90 Å². The molecule has 0 saturated carbocycles. The number of carbonyl (C=O) groups is 2. The van der Waals surface area contributed by atoms with E-state index in [2.05, 4.69) is 6.92 Å². The minimum Gasteiger partial charge on any atom is -0.478 e. The number of anilines is 1. The molecule has 1 saturated heterocycles. The van der Waals surface area contributed by atoms with Gasteiger partial charge in [-0.05, 0) is 47.9 Å². The number of amides is 1. The van der Waals surface area contributed by atoms with Gasteiger partial charge < -0.3 is 5.11 Å². The van der Waals surface area contributed by atoms with Crippen molar-refractivity contribution < 1.29 is 14.7 Å². The van der Waals surface area contributed by atoms with Crippen molar-refractivity contribution in [3.8, 4) is 0 Å². The molecule has 0 spiro atoms. The summed E-state index contributed by atoms with van der Waals surface area (Å²) in [6.07, 6.45) is 2.79. The number of nitrogens with zero attached hydrogens (tertiary/aromatic N) is 1. The van der Waals surface area contributed by atoms with Gasteiger partial charge in [0.05, 0.1) is 16.2 Å². The molecule has 1 aliphatic heterocycles. The first kappa shape index (κ1) is 17.4. The van der Waals surface area contributed by atoms with Crippen LogP contribution in [0, 0.1) is 0 Å². The lowest BCUT2D eigenvalue weighted by Gasteiger charge is -2.14. The number of aromatic carboxylic acids is 1. The second kappa shape index (κ2) is 7.21. The van der Waals surface area contributed by atoms with Crippen LogP contribution in [0.3, 0.4) is 0 Å². The van der Waals surface area contributed by atoms with Crippen LogP contribution in [-0.2, 0) is 11.2 Å². The molecule has 3 rings (SSSR count). The van der Waals surface area contributed by atoms with Crippen molar-refractivity contribution in [2.24, 2.45) is 0 Å². The minimum absolute atomic E-state index is 0.167. The van der Waals surface area contributed by atoms with Crippen LogP contribution in [0.25, 0.3) is 6.08 Å². The van der Waals surface area contributed by atoms with Crippen molar-refractivity contribution in [1.29, 1.82) is 0 Å². The number of hydrogen-bond acceptors (Lipinski definition) is 4. The summed E-state index contributed by atoms with van der Waals surface area (Å²) in [6.45, 7) is 2.09. The Morgan fingerprint density at radius 1 is 1.16 bits per heavy atom. The third-order valence-electron chi connectivity index (χ3n) is 3.85. The molecule has 1 N–H and O–H groups in total. The highest BCUT2D eigenvalue weighted by atomic mass is 32.2. The lowest BCUT2D eigenvalue weighted by atomic mass is 10.1. The maximum Gasteiger partial charge on any atom is 0.335 e. The molecule has 25 heavy (non-hydrogen) atoms. The Labute approximate surface area is 155 Å². The fourth-order valence-corrected chi connectivity index (χ4v) is 3.74. The van der Waals surface area contributed by atoms with Gasteiger partial charge in [-0.15, -0.1) is 0 Å². The molecule has 1 fully saturated rings. The van der Waals surface area contributed by atoms with Gasteiger partial charge in [0, 0.05) is 0 Å². The predicted octanol–water partition coefficient (Wildman–Crippen LogP) is 4.35. The van der Waals surface area contributed by atoms with Gasteiger partial charge in [-0.1, -0.05) is 55.2 Å². The number of carboxylic acid groups (broad SMARTS) is 1. The van der Waals surface area contributed by atoms with Crippen LogP contribution in [-0.4, -0.2) is 21.3 Å².